The van der Waals surface area contributed by atoms with Crippen LogP contribution in [0.15, 0.2) is 0 Å². The molecular formula is C20H36O4. The zero-order valence-electron chi connectivity index (χ0n) is 16.4. The molecule has 1 aliphatic rings. The predicted octanol–water partition coefficient (Wildman–Crippen LogP) is 4.75. The summed E-state index contributed by atoms with van der Waals surface area (Å²) in [5.74, 6) is -0.301. The highest BCUT2D eigenvalue weighted by Gasteiger charge is 2.31. The molecule has 0 aromatic rings. The fraction of sp³-hybridized carbons (Fsp3) is 0.900. The molecule has 0 bridgehead atoms. The topological polar surface area (TPSA) is 52.6 Å². The van der Waals surface area contributed by atoms with Gasteiger partial charge in [-0.25, -0.2) is 0 Å². The number of hydrogen-bond acceptors (Lipinski definition) is 4. The van der Waals surface area contributed by atoms with Gasteiger partial charge in [0.15, 0.2) is 0 Å². The third kappa shape index (κ3) is 8.70. The molecule has 0 spiro atoms. The zero-order chi connectivity index (χ0) is 18.4. The standard InChI is InChI=1S/C20H36O4/c1-19(2,3)11-13-23-17(21)15-7-9-16(10-8-15)18(22)24-14-12-20(4,5)6/h15-16H,7-14H2,1-6H3. The van der Waals surface area contributed by atoms with Crippen molar-refractivity contribution >= 4 is 11.9 Å². The van der Waals surface area contributed by atoms with Crippen LogP contribution in [-0.2, 0) is 19.1 Å². The van der Waals surface area contributed by atoms with Crippen LogP contribution in [0.2, 0.25) is 0 Å². The van der Waals surface area contributed by atoms with Gasteiger partial charge in [0, 0.05) is 0 Å². The number of carbonyl (C=O) groups is 2. The van der Waals surface area contributed by atoms with E-state index in [2.05, 4.69) is 41.5 Å². The molecular weight excluding hydrogens is 304 g/mol. The Balaban J connectivity index is 2.25. The quantitative estimate of drug-likeness (QED) is 0.655. The normalized spacial score (nSPS) is 22.1. The molecule has 1 aliphatic carbocycles. The van der Waals surface area contributed by atoms with E-state index < -0.39 is 0 Å². The highest BCUT2D eigenvalue weighted by atomic mass is 16.5. The molecule has 24 heavy (non-hydrogen) atoms. The molecule has 1 fully saturated rings. The largest absolute Gasteiger partial charge is 0.465 e. The maximum absolute atomic E-state index is 12.1. The van der Waals surface area contributed by atoms with Gasteiger partial charge in [-0.1, -0.05) is 41.5 Å². The summed E-state index contributed by atoms with van der Waals surface area (Å²) >= 11 is 0. The number of hydrogen-bond donors (Lipinski definition) is 0. The van der Waals surface area contributed by atoms with E-state index in [0.717, 1.165) is 38.5 Å². The molecule has 0 atom stereocenters. The van der Waals surface area contributed by atoms with Crippen molar-refractivity contribution < 1.29 is 19.1 Å². The summed E-state index contributed by atoms with van der Waals surface area (Å²) in [6.45, 7) is 13.8. The molecule has 0 radical (unpaired) electrons. The average molecular weight is 341 g/mol. The van der Waals surface area contributed by atoms with Crippen molar-refractivity contribution in [2.24, 2.45) is 22.7 Å². The van der Waals surface area contributed by atoms with Crippen molar-refractivity contribution in [1.29, 1.82) is 0 Å². The van der Waals surface area contributed by atoms with Gasteiger partial charge < -0.3 is 9.47 Å². The van der Waals surface area contributed by atoms with Crippen LogP contribution < -0.4 is 0 Å². The number of ether oxygens (including phenoxy) is 2. The van der Waals surface area contributed by atoms with Gasteiger partial charge in [0.1, 0.15) is 0 Å². The Morgan fingerprint density at radius 3 is 1.25 bits per heavy atom. The van der Waals surface area contributed by atoms with E-state index >= 15 is 0 Å². The summed E-state index contributed by atoms with van der Waals surface area (Å²) in [5, 5.41) is 0. The number of carbonyl (C=O) groups excluding carboxylic acids is 2. The lowest BCUT2D eigenvalue weighted by Crippen LogP contribution is -2.29. The van der Waals surface area contributed by atoms with Gasteiger partial charge in [-0.05, 0) is 49.4 Å². The molecule has 0 aromatic heterocycles. The van der Waals surface area contributed by atoms with E-state index in [9.17, 15) is 9.59 Å². The second kappa shape index (κ2) is 8.87. The first-order chi connectivity index (χ1) is 11.0. The predicted molar refractivity (Wildman–Crippen MR) is 95.5 cm³/mol. The molecule has 140 valence electrons. The van der Waals surface area contributed by atoms with Gasteiger partial charge in [0.25, 0.3) is 0 Å². The highest BCUT2D eigenvalue weighted by molar-refractivity contribution is 5.75. The lowest BCUT2D eigenvalue weighted by atomic mass is 9.82. The first-order valence-electron chi connectivity index (χ1n) is 9.31. The van der Waals surface area contributed by atoms with Crippen LogP contribution in [0.5, 0.6) is 0 Å². The second-order valence-electron chi connectivity index (χ2n) is 9.50. The summed E-state index contributed by atoms with van der Waals surface area (Å²) in [7, 11) is 0. The average Bonchev–Trinajstić information content (AvgIpc) is 2.44. The maximum atomic E-state index is 12.1. The van der Waals surface area contributed by atoms with Gasteiger partial charge in [-0.3, -0.25) is 9.59 Å². The summed E-state index contributed by atoms with van der Waals surface area (Å²) in [6.07, 6.45) is 4.66. The van der Waals surface area contributed by atoms with Crippen LogP contribution >= 0.6 is 0 Å². The summed E-state index contributed by atoms with van der Waals surface area (Å²) in [4.78, 5) is 24.2. The maximum Gasteiger partial charge on any atom is 0.308 e. The molecule has 0 heterocycles. The molecule has 4 heteroatoms. The fourth-order valence-electron chi connectivity index (χ4n) is 2.72. The Hall–Kier alpha value is -1.06. The van der Waals surface area contributed by atoms with Crippen molar-refractivity contribution in [3.05, 3.63) is 0 Å². The minimum absolute atomic E-state index is 0.0522. The third-order valence-electron chi connectivity index (χ3n) is 4.59. The minimum atomic E-state index is -0.0983. The van der Waals surface area contributed by atoms with Crippen molar-refractivity contribution in [3.8, 4) is 0 Å². The Morgan fingerprint density at radius 1 is 0.708 bits per heavy atom. The van der Waals surface area contributed by atoms with Gasteiger partial charge in [0.2, 0.25) is 0 Å². The summed E-state index contributed by atoms with van der Waals surface area (Å²) in [5.41, 5.74) is 0.351. The summed E-state index contributed by atoms with van der Waals surface area (Å²) < 4.78 is 10.8. The lowest BCUT2D eigenvalue weighted by molar-refractivity contribution is -0.155. The van der Waals surface area contributed by atoms with Gasteiger partial charge in [-0.2, -0.15) is 0 Å². The molecule has 0 unspecified atom stereocenters. The van der Waals surface area contributed by atoms with Crippen molar-refractivity contribution in [2.75, 3.05) is 13.2 Å². The highest BCUT2D eigenvalue weighted by Crippen LogP contribution is 2.31. The van der Waals surface area contributed by atoms with E-state index in [1.165, 1.54) is 0 Å². The SMILES string of the molecule is CC(C)(C)CCOC(=O)C1CCC(C(=O)OCCC(C)(C)C)CC1. The first-order valence-corrected chi connectivity index (χ1v) is 9.31. The van der Waals surface area contributed by atoms with E-state index in [4.69, 9.17) is 9.47 Å². The zero-order valence-corrected chi connectivity index (χ0v) is 16.4. The minimum Gasteiger partial charge on any atom is -0.465 e. The molecule has 0 aliphatic heterocycles. The molecule has 4 nitrogen and oxygen atoms in total. The van der Waals surface area contributed by atoms with E-state index in [0.29, 0.717) is 13.2 Å². The van der Waals surface area contributed by atoms with Crippen molar-refractivity contribution in [1.82, 2.24) is 0 Å². The molecule has 0 N–H and O–H groups in total. The van der Waals surface area contributed by atoms with Crippen LogP contribution in [-0.4, -0.2) is 25.2 Å². The van der Waals surface area contributed by atoms with Gasteiger partial charge >= 0.3 is 11.9 Å². The van der Waals surface area contributed by atoms with E-state index in [1.807, 2.05) is 0 Å². The van der Waals surface area contributed by atoms with E-state index in [1.54, 1.807) is 0 Å². The Bertz CT molecular complexity index is 366. The van der Waals surface area contributed by atoms with Crippen LogP contribution in [0.4, 0.5) is 0 Å². The monoisotopic (exact) mass is 340 g/mol. The molecule has 0 saturated heterocycles. The first kappa shape index (κ1) is 21.0. The Labute approximate surface area is 147 Å². The lowest BCUT2D eigenvalue weighted by Gasteiger charge is -2.27. The number of rotatable bonds is 6. The van der Waals surface area contributed by atoms with Crippen LogP contribution in [0.3, 0.4) is 0 Å². The van der Waals surface area contributed by atoms with Crippen LogP contribution in [0, 0.1) is 22.7 Å². The molecule has 0 amide bonds. The van der Waals surface area contributed by atoms with E-state index in [-0.39, 0.29) is 34.6 Å². The van der Waals surface area contributed by atoms with Crippen LogP contribution in [0.25, 0.3) is 0 Å². The second-order valence-corrected chi connectivity index (χ2v) is 9.50. The summed E-state index contributed by atoms with van der Waals surface area (Å²) in [6, 6.07) is 0. The Morgan fingerprint density at radius 2 is 1.00 bits per heavy atom. The van der Waals surface area contributed by atoms with Gasteiger partial charge in [0.05, 0.1) is 25.0 Å². The van der Waals surface area contributed by atoms with Crippen molar-refractivity contribution in [2.45, 2.75) is 80.1 Å². The van der Waals surface area contributed by atoms with Gasteiger partial charge in [-0.15, -0.1) is 0 Å². The Kier molecular flexibility index (Phi) is 7.75. The smallest absolute Gasteiger partial charge is 0.308 e. The number of esters is 2. The van der Waals surface area contributed by atoms with Crippen molar-refractivity contribution in [3.63, 3.8) is 0 Å². The third-order valence-corrected chi connectivity index (χ3v) is 4.59. The fourth-order valence-corrected chi connectivity index (χ4v) is 2.72. The molecule has 1 saturated carbocycles. The van der Waals surface area contributed by atoms with Crippen LogP contribution in [0.1, 0.15) is 80.1 Å². The molecule has 0 aromatic carbocycles. The molecule has 1 rings (SSSR count).